The third-order valence-corrected chi connectivity index (χ3v) is 3.93. The topological polar surface area (TPSA) is 43.1 Å². The molecule has 0 bridgehead atoms. The summed E-state index contributed by atoms with van der Waals surface area (Å²) in [6.45, 7) is 0. The predicted molar refractivity (Wildman–Crippen MR) is 56.1 cm³/mol. The number of halogens is 2. The van der Waals surface area contributed by atoms with E-state index in [2.05, 4.69) is 15.9 Å². The summed E-state index contributed by atoms with van der Waals surface area (Å²) in [6, 6.07) is 4.10. The van der Waals surface area contributed by atoms with Crippen molar-refractivity contribution in [1.82, 2.24) is 0 Å². The van der Waals surface area contributed by atoms with Crippen molar-refractivity contribution in [1.29, 1.82) is 0 Å². The van der Waals surface area contributed by atoms with Crippen molar-refractivity contribution in [2.45, 2.75) is 0 Å². The standard InChI is InChI=1S/C8H3BrFNO2S/c9-7-5-3-4(10)1-2-6(5)14-8(7)11(12)13/h1-3H. The van der Waals surface area contributed by atoms with Crippen LogP contribution in [0.1, 0.15) is 0 Å². The van der Waals surface area contributed by atoms with Crippen LogP contribution in [0.4, 0.5) is 9.39 Å². The summed E-state index contributed by atoms with van der Waals surface area (Å²) in [5.41, 5.74) is 0. The Labute approximate surface area is 90.4 Å². The van der Waals surface area contributed by atoms with Crippen molar-refractivity contribution in [3.63, 3.8) is 0 Å². The van der Waals surface area contributed by atoms with Crippen molar-refractivity contribution in [2.24, 2.45) is 0 Å². The maximum Gasteiger partial charge on any atom is 0.339 e. The Hall–Kier alpha value is -1.01. The molecule has 0 atom stereocenters. The molecule has 0 aliphatic carbocycles. The summed E-state index contributed by atoms with van der Waals surface area (Å²) >= 11 is 4.12. The lowest BCUT2D eigenvalue weighted by molar-refractivity contribution is -0.380. The van der Waals surface area contributed by atoms with Gasteiger partial charge in [0.1, 0.15) is 10.3 Å². The molecule has 0 saturated heterocycles. The molecule has 0 N–H and O–H groups in total. The van der Waals surface area contributed by atoms with Gasteiger partial charge in [-0.25, -0.2) is 4.39 Å². The van der Waals surface area contributed by atoms with Gasteiger partial charge in [-0.05, 0) is 34.1 Å². The van der Waals surface area contributed by atoms with Crippen molar-refractivity contribution in [3.05, 3.63) is 38.6 Å². The van der Waals surface area contributed by atoms with E-state index in [-0.39, 0.29) is 5.00 Å². The van der Waals surface area contributed by atoms with Crippen LogP contribution in [0.5, 0.6) is 0 Å². The normalized spacial score (nSPS) is 10.7. The first-order valence-electron chi connectivity index (χ1n) is 3.61. The van der Waals surface area contributed by atoms with Crippen molar-refractivity contribution < 1.29 is 9.31 Å². The fraction of sp³-hybridized carbons (Fsp3) is 0. The molecule has 2 aromatic rings. The predicted octanol–water partition coefficient (Wildman–Crippen LogP) is 3.71. The number of benzene rings is 1. The molecule has 1 heterocycles. The Morgan fingerprint density at radius 3 is 2.86 bits per heavy atom. The lowest BCUT2D eigenvalue weighted by atomic mass is 10.2. The number of nitro groups is 1. The summed E-state index contributed by atoms with van der Waals surface area (Å²) in [5.74, 6) is -0.397. The summed E-state index contributed by atoms with van der Waals surface area (Å²) < 4.78 is 13.9. The van der Waals surface area contributed by atoms with Crippen LogP contribution in [0.15, 0.2) is 22.7 Å². The van der Waals surface area contributed by atoms with Gasteiger partial charge in [-0.3, -0.25) is 10.1 Å². The zero-order valence-corrected chi connectivity index (χ0v) is 9.06. The van der Waals surface area contributed by atoms with Gasteiger partial charge >= 0.3 is 5.00 Å². The van der Waals surface area contributed by atoms with Crippen LogP contribution in [-0.2, 0) is 0 Å². The SMILES string of the molecule is O=[N+]([O-])c1sc2ccc(F)cc2c1Br. The Morgan fingerprint density at radius 2 is 2.21 bits per heavy atom. The van der Waals surface area contributed by atoms with E-state index < -0.39 is 10.7 Å². The van der Waals surface area contributed by atoms with Gasteiger partial charge in [0, 0.05) is 10.1 Å². The van der Waals surface area contributed by atoms with Crippen molar-refractivity contribution in [2.75, 3.05) is 0 Å². The summed E-state index contributed by atoms with van der Waals surface area (Å²) in [4.78, 5) is 10.1. The minimum absolute atomic E-state index is 0.00519. The van der Waals surface area contributed by atoms with Crippen LogP contribution in [0.25, 0.3) is 10.1 Å². The van der Waals surface area contributed by atoms with Crippen LogP contribution >= 0.6 is 27.3 Å². The van der Waals surface area contributed by atoms with Crippen molar-refractivity contribution in [3.8, 4) is 0 Å². The smallest absolute Gasteiger partial charge is 0.258 e. The molecule has 3 nitrogen and oxygen atoms in total. The largest absolute Gasteiger partial charge is 0.339 e. The van der Waals surface area contributed by atoms with E-state index >= 15 is 0 Å². The highest BCUT2D eigenvalue weighted by Crippen LogP contribution is 2.41. The Morgan fingerprint density at radius 1 is 1.50 bits per heavy atom. The minimum Gasteiger partial charge on any atom is -0.258 e. The first kappa shape index (κ1) is 9.54. The minimum atomic E-state index is -0.480. The summed E-state index contributed by atoms with van der Waals surface area (Å²) in [5, 5.41) is 11.1. The average Bonchev–Trinajstić information content (AvgIpc) is 2.44. The zero-order valence-electron chi connectivity index (χ0n) is 6.66. The third kappa shape index (κ3) is 1.40. The van der Waals surface area contributed by atoms with E-state index in [9.17, 15) is 14.5 Å². The molecule has 0 fully saturated rings. The maximum atomic E-state index is 12.8. The van der Waals surface area contributed by atoms with Gasteiger partial charge in [-0.1, -0.05) is 11.3 Å². The van der Waals surface area contributed by atoms with Crippen LogP contribution in [0.3, 0.4) is 0 Å². The number of thiophene rings is 1. The van der Waals surface area contributed by atoms with E-state index in [1.807, 2.05) is 0 Å². The van der Waals surface area contributed by atoms with Gasteiger partial charge in [0.2, 0.25) is 0 Å². The fourth-order valence-electron chi connectivity index (χ4n) is 1.14. The monoisotopic (exact) mass is 275 g/mol. The highest BCUT2D eigenvalue weighted by molar-refractivity contribution is 9.10. The van der Waals surface area contributed by atoms with E-state index in [1.165, 1.54) is 18.2 Å². The van der Waals surface area contributed by atoms with E-state index in [0.29, 0.717) is 14.6 Å². The number of rotatable bonds is 1. The van der Waals surface area contributed by atoms with Gasteiger partial charge in [0.15, 0.2) is 0 Å². The molecule has 6 heteroatoms. The molecule has 0 spiro atoms. The Balaban J connectivity index is 2.80. The number of fused-ring (bicyclic) bond motifs is 1. The quantitative estimate of drug-likeness (QED) is 0.588. The molecule has 1 aromatic carbocycles. The third-order valence-electron chi connectivity index (χ3n) is 1.74. The number of hydrogen-bond acceptors (Lipinski definition) is 3. The zero-order chi connectivity index (χ0) is 10.3. The lowest BCUT2D eigenvalue weighted by Crippen LogP contribution is -1.82. The second kappa shape index (κ2) is 3.29. The number of nitrogens with zero attached hydrogens (tertiary/aromatic N) is 1. The molecular formula is C8H3BrFNO2S. The Bertz CT molecular complexity index is 525. The first-order chi connectivity index (χ1) is 6.59. The van der Waals surface area contributed by atoms with Crippen LogP contribution < -0.4 is 0 Å². The molecule has 0 radical (unpaired) electrons. The van der Waals surface area contributed by atoms with Gasteiger partial charge < -0.3 is 0 Å². The molecule has 0 unspecified atom stereocenters. The fourth-order valence-corrected chi connectivity index (χ4v) is 2.88. The molecule has 1 aromatic heterocycles. The highest BCUT2D eigenvalue weighted by Gasteiger charge is 2.19. The van der Waals surface area contributed by atoms with Crippen LogP contribution in [-0.4, -0.2) is 4.92 Å². The van der Waals surface area contributed by atoms with Crippen LogP contribution in [0, 0.1) is 15.9 Å². The molecule has 0 aliphatic rings. The average molecular weight is 276 g/mol. The molecule has 0 aliphatic heterocycles. The van der Waals surface area contributed by atoms with E-state index in [4.69, 9.17) is 0 Å². The summed E-state index contributed by atoms with van der Waals surface area (Å²) in [6.07, 6.45) is 0. The first-order valence-corrected chi connectivity index (χ1v) is 5.22. The molecule has 2 rings (SSSR count). The summed E-state index contributed by atoms with van der Waals surface area (Å²) in [7, 11) is 0. The van der Waals surface area contributed by atoms with Gasteiger partial charge in [0.25, 0.3) is 0 Å². The second-order valence-corrected chi connectivity index (χ2v) is 4.44. The van der Waals surface area contributed by atoms with Gasteiger partial charge in [-0.15, -0.1) is 0 Å². The molecule has 72 valence electrons. The van der Waals surface area contributed by atoms with Gasteiger partial charge in [0.05, 0.1) is 4.92 Å². The maximum absolute atomic E-state index is 12.8. The van der Waals surface area contributed by atoms with Crippen LogP contribution in [0.2, 0.25) is 0 Å². The van der Waals surface area contributed by atoms with Gasteiger partial charge in [-0.2, -0.15) is 0 Å². The second-order valence-electron chi connectivity index (χ2n) is 2.62. The van der Waals surface area contributed by atoms with E-state index in [0.717, 1.165) is 11.3 Å². The van der Waals surface area contributed by atoms with E-state index in [1.54, 1.807) is 0 Å². The molecule has 0 saturated carbocycles. The molecule has 0 amide bonds. The lowest BCUT2D eigenvalue weighted by Gasteiger charge is -1.88. The molecule has 14 heavy (non-hydrogen) atoms. The van der Waals surface area contributed by atoms with Crippen molar-refractivity contribution >= 4 is 42.4 Å². The highest BCUT2D eigenvalue weighted by atomic mass is 79.9. The molecular weight excluding hydrogens is 273 g/mol. The Kier molecular flexibility index (Phi) is 2.24. The number of hydrogen-bond donors (Lipinski definition) is 0.